The molecule has 4 nitrogen and oxygen atoms in total. The van der Waals surface area contributed by atoms with E-state index >= 15 is 0 Å². The highest BCUT2D eigenvalue weighted by molar-refractivity contribution is 9.10. The van der Waals surface area contributed by atoms with Gasteiger partial charge in [0.05, 0.1) is 22.5 Å². The fraction of sp³-hybridized carbons (Fsp3) is 0.438. The molecule has 0 aliphatic carbocycles. The van der Waals surface area contributed by atoms with Gasteiger partial charge < -0.3 is 9.47 Å². The number of nitrogens with zero attached hydrogens (tertiary/aromatic N) is 2. The van der Waals surface area contributed by atoms with Gasteiger partial charge in [0.2, 0.25) is 0 Å². The Morgan fingerprint density at radius 3 is 2.24 bits per heavy atom. The Morgan fingerprint density at radius 2 is 1.71 bits per heavy atom. The molecule has 0 spiro atoms. The van der Waals surface area contributed by atoms with E-state index in [2.05, 4.69) is 34.9 Å². The molecule has 0 bridgehead atoms. The summed E-state index contributed by atoms with van der Waals surface area (Å²) in [6, 6.07) is 7.72. The molecule has 0 saturated carbocycles. The summed E-state index contributed by atoms with van der Waals surface area (Å²) in [7, 11) is 1.93. The number of halogens is 1. The lowest BCUT2D eigenvalue weighted by Crippen LogP contribution is -2.03. The van der Waals surface area contributed by atoms with Gasteiger partial charge in [0.25, 0.3) is 0 Å². The van der Waals surface area contributed by atoms with Crippen molar-refractivity contribution in [1.29, 1.82) is 0 Å². The molecule has 21 heavy (non-hydrogen) atoms. The highest BCUT2D eigenvalue weighted by Gasteiger charge is 2.12. The zero-order chi connectivity index (χ0) is 15.2. The molecule has 0 radical (unpaired) electrons. The lowest BCUT2D eigenvalue weighted by atomic mass is 10.3. The third-order valence-corrected chi connectivity index (χ3v) is 4.09. The van der Waals surface area contributed by atoms with Gasteiger partial charge in [-0.15, -0.1) is 0 Å². The largest absolute Gasteiger partial charge is 0.494 e. The van der Waals surface area contributed by atoms with Crippen LogP contribution in [-0.4, -0.2) is 16.4 Å². The molecule has 0 aliphatic rings. The molecule has 0 atom stereocenters. The molecule has 0 amide bonds. The topological polar surface area (TPSA) is 36.3 Å². The van der Waals surface area contributed by atoms with Crippen LogP contribution in [0.1, 0.15) is 31.7 Å². The highest BCUT2D eigenvalue weighted by atomic mass is 79.9. The van der Waals surface area contributed by atoms with E-state index in [4.69, 9.17) is 9.47 Å². The molecule has 114 valence electrons. The first-order valence-corrected chi connectivity index (χ1v) is 8.00. The van der Waals surface area contributed by atoms with Gasteiger partial charge in [-0.3, -0.25) is 4.68 Å². The predicted octanol–water partition coefficient (Wildman–Crippen LogP) is 4.11. The zero-order valence-electron chi connectivity index (χ0n) is 12.7. The van der Waals surface area contributed by atoms with E-state index in [1.165, 1.54) is 0 Å². The Morgan fingerprint density at radius 1 is 1.10 bits per heavy atom. The fourth-order valence-electron chi connectivity index (χ4n) is 1.98. The molecular formula is C16H21BrN2O2. The van der Waals surface area contributed by atoms with Crippen molar-refractivity contribution in [3.8, 4) is 11.5 Å². The van der Waals surface area contributed by atoms with E-state index in [1.807, 2.05) is 36.0 Å². The van der Waals surface area contributed by atoms with Crippen molar-refractivity contribution >= 4 is 15.9 Å². The maximum absolute atomic E-state index is 5.82. The predicted molar refractivity (Wildman–Crippen MR) is 86.8 cm³/mol. The molecule has 1 aromatic carbocycles. The van der Waals surface area contributed by atoms with Crippen LogP contribution < -0.4 is 9.47 Å². The highest BCUT2D eigenvalue weighted by Crippen LogP contribution is 2.24. The number of aryl methyl sites for hydroxylation is 2. The summed E-state index contributed by atoms with van der Waals surface area (Å²) in [6.07, 6.45) is 1.91. The minimum absolute atomic E-state index is 0.485. The minimum atomic E-state index is 0.485. The van der Waals surface area contributed by atoms with E-state index in [9.17, 15) is 0 Å². The second kappa shape index (κ2) is 7.50. The Bertz CT molecular complexity index is 579. The average molecular weight is 353 g/mol. The van der Waals surface area contributed by atoms with E-state index < -0.39 is 0 Å². The Kier molecular flexibility index (Phi) is 5.67. The number of rotatable bonds is 7. The fourth-order valence-corrected chi connectivity index (χ4v) is 2.71. The Labute approximate surface area is 134 Å². The smallest absolute Gasteiger partial charge is 0.131 e. The summed E-state index contributed by atoms with van der Waals surface area (Å²) in [6.45, 7) is 5.40. The van der Waals surface area contributed by atoms with E-state index in [0.717, 1.165) is 46.8 Å². The van der Waals surface area contributed by atoms with Crippen molar-refractivity contribution in [2.45, 2.75) is 33.3 Å². The van der Waals surface area contributed by atoms with Crippen molar-refractivity contribution in [1.82, 2.24) is 9.78 Å². The SMILES string of the molecule is CCCOc1ccc(OCc2c(Br)c(CC)nn2C)cc1. The molecule has 0 N–H and O–H groups in total. The summed E-state index contributed by atoms with van der Waals surface area (Å²) >= 11 is 3.59. The molecule has 1 aromatic heterocycles. The number of benzene rings is 1. The van der Waals surface area contributed by atoms with Crippen LogP contribution in [0.5, 0.6) is 11.5 Å². The number of hydrogen-bond acceptors (Lipinski definition) is 3. The lowest BCUT2D eigenvalue weighted by molar-refractivity contribution is 0.291. The minimum Gasteiger partial charge on any atom is -0.494 e. The van der Waals surface area contributed by atoms with Gasteiger partial charge in [-0.1, -0.05) is 13.8 Å². The van der Waals surface area contributed by atoms with Crippen LogP contribution in [0, 0.1) is 0 Å². The molecular weight excluding hydrogens is 332 g/mol. The molecule has 2 aromatic rings. The van der Waals surface area contributed by atoms with E-state index in [-0.39, 0.29) is 0 Å². The van der Waals surface area contributed by atoms with Gasteiger partial charge in [-0.05, 0) is 53.0 Å². The summed E-state index contributed by atoms with van der Waals surface area (Å²) < 4.78 is 14.3. The van der Waals surface area contributed by atoms with Crippen LogP contribution in [0.15, 0.2) is 28.7 Å². The van der Waals surface area contributed by atoms with Gasteiger partial charge in [-0.2, -0.15) is 5.10 Å². The molecule has 0 fully saturated rings. The summed E-state index contributed by atoms with van der Waals surface area (Å²) in [4.78, 5) is 0. The van der Waals surface area contributed by atoms with Crippen molar-refractivity contribution in [3.05, 3.63) is 40.1 Å². The standard InChI is InChI=1S/C16H21BrN2O2/c1-4-10-20-12-6-8-13(9-7-12)21-11-15-16(17)14(5-2)18-19(15)3/h6-9H,4-5,10-11H2,1-3H3. The first-order valence-electron chi connectivity index (χ1n) is 7.21. The Balaban J connectivity index is 1.98. The van der Waals surface area contributed by atoms with Crippen LogP contribution in [-0.2, 0) is 20.1 Å². The van der Waals surface area contributed by atoms with Gasteiger partial charge >= 0.3 is 0 Å². The molecule has 1 heterocycles. The third-order valence-electron chi connectivity index (χ3n) is 3.18. The molecule has 5 heteroatoms. The van der Waals surface area contributed by atoms with Crippen molar-refractivity contribution in [3.63, 3.8) is 0 Å². The molecule has 2 rings (SSSR count). The van der Waals surface area contributed by atoms with Crippen LogP contribution in [0.3, 0.4) is 0 Å². The van der Waals surface area contributed by atoms with Crippen molar-refractivity contribution in [2.24, 2.45) is 7.05 Å². The first-order chi connectivity index (χ1) is 10.2. The first kappa shape index (κ1) is 15.9. The second-order valence-corrected chi connectivity index (χ2v) is 5.59. The van der Waals surface area contributed by atoms with Crippen LogP contribution in [0.25, 0.3) is 0 Å². The lowest BCUT2D eigenvalue weighted by Gasteiger charge is -2.09. The normalized spacial score (nSPS) is 10.7. The molecule has 0 unspecified atom stereocenters. The quantitative estimate of drug-likeness (QED) is 0.752. The number of ether oxygens (including phenoxy) is 2. The second-order valence-electron chi connectivity index (χ2n) is 4.79. The van der Waals surface area contributed by atoms with Gasteiger partial charge in [0, 0.05) is 7.05 Å². The van der Waals surface area contributed by atoms with Crippen LogP contribution in [0.2, 0.25) is 0 Å². The monoisotopic (exact) mass is 352 g/mol. The van der Waals surface area contributed by atoms with Gasteiger partial charge in [-0.25, -0.2) is 0 Å². The summed E-state index contributed by atoms with van der Waals surface area (Å²) in [5.41, 5.74) is 2.09. The zero-order valence-corrected chi connectivity index (χ0v) is 14.3. The van der Waals surface area contributed by atoms with Crippen LogP contribution >= 0.6 is 15.9 Å². The van der Waals surface area contributed by atoms with Crippen LogP contribution in [0.4, 0.5) is 0 Å². The van der Waals surface area contributed by atoms with Crippen molar-refractivity contribution < 1.29 is 9.47 Å². The van der Waals surface area contributed by atoms with Gasteiger partial charge in [0.1, 0.15) is 18.1 Å². The molecule has 0 saturated heterocycles. The maximum atomic E-state index is 5.82. The summed E-state index contributed by atoms with van der Waals surface area (Å²) in [5.74, 6) is 1.70. The van der Waals surface area contributed by atoms with Gasteiger partial charge in [0.15, 0.2) is 0 Å². The molecule has 0 aliphatic heterocycles. The van der Waals surface area contributed by atoms with Crippen molar-refractivity contribution in [2.75, 3.05) is 6.61 Å². The number of hydrogen-bond donors (Lipinski definition) is 0. The van der Waals surface area contributed by atoms with E-state index in [0.29, 0.717) is 6.61 Å². The maximum Gasteiger partial charge on any atom is 0.131 e. The Hall–Kier alpha value is -1.49. The van der Waals surface area contributed by atoms with E-state index in [1.54, 1.807) is 0 Å². The third kappa shape index (κ3) is 4.00. The summed E-state index contributed by atoms with van der Waals surface area (Å²) in [5, 5.41) is 4.46. The number of aromatic nitrogens is 2. The average Bonchev–Trinajstić information content (AvgIpc) is 2.78.